The van der Waals surface area contributed by atoms with Crippen LogP contribution in [0.3, 0.4) is 0 Å². The lowest BCUT2D eigenvalue weighted by Crippen LogP contribution is -2.21. The molecule has 2 rings (SSSR count). The van der Waals surface area contributed by atoms with Gasteiger partial charge in [0.1, 0.15) is 0 Å². The molecule has 0 spiro atoms. The molecule has 0 fully saturated rings. The predicted molar refractivity (Wildman–Crippen MR) is 78.6 cm³/mol. The molecule has 19 heavy (non-hydrogen) atoms. The maximum Gasteiger partial charge on any atom is 0.245 e. The number of hydrazone groups is 1. The molecule has 0 unspecified atom stereocenters. The second-order valence-corrected chi connectivity index (χ2v) is 5.49. The lowest BCUT2D eigenvalue weighted by molar-refractivity contribution is -0.120. The van der Waals surface area contributed by atoms with Crippen molar-refractivity contribution in [3.8, 4) is 0 Å². The van der Waals surface area contributed by atoms with Crippen LogP contribution in [0.25, 0.3) is 0 Å². The van der Waals surface area contributed by atoms with Crippen LogP contribution >= 0.6 is 11.3 Å². The Labute approximate surface area is 116 Å². The molecule has 0 radical (unpaired) electrons. The smallest absolute Gasteiger partial charge is 0.245 e. The van der Waals surface area contributed by atoms with Crippen molar-refractivity contribution in [2.75, 3.05) is 0 Å². The molecule has 0 bridgehead atoms. The standard InChI is InChI=1S/C14H17N3OS/c1-9-8-15-10(2)14(9)11(3)16-17-13(18)7-12-5-4-6-19-12/h4-6,8,15H,7H2,1-3H3,(H,17,18)/b16-11+. The number of hydrogen-bond acceptors (Lipinski definition) is 3. The Kier molecular flexibility index (Phi) is 4.16. The molecule has 5 heteroatoms. The van der Waals surface area contributed by atoms with Crippen LogP contribution in [0.2, 0.25) is 0 Å². The summed E-state index contributed by atoms with van der Waals surface area (Å²) in [5, 5.41) is 6.13. The molecule has 4 nitrogen and oxygen atoms in total. The fourth-order valence-corrected chi connectivity index (χ4v) is 2.73. The van der Waals surface area contributed by atoms with Gasteiger partial charge in [-0.05, 0) is 37.8 Å². The average Bonchev–Trinajstić information content (AvgIpc) is 2.97. The number of hydrogen-bond donors (Lipinski definition) is 2. The monoisotopic (exact) mass is 275 g/mol. The van der Waals surface area contributed by atoms with E-state index in [9.17, 15) is 4.79 Å². The highest BCUT2D eigenvalue weighted by Gasteiger charge is 2.08. The van der Waals surface area contributed by atoms with Gasteiger partial charge < -0.3 is 4.98 Å². The van der Waals surface area contributed by atoms with Crippen LogP contribution in [0, 0.1) is 13.8 Å². The molecular weight excluding hydrogens is 258 g/mol. The number of aromatic amines is 1. The summed E-state index contributed by atoms with van der Waals surface area (Å²) in [5.74, 6) is -0.0901. The summed E-state index contributed by atoms with van der Waals surface area (Å²) in [7, 11) is 0. The van der Waals surface area contributed by atoms with E-state index < -0.39 is 0 Å². The zero-order valence-electron chi connectivity index (χ0n) is 11.3. The molecular formula is C14H17N3OS. The first kappa shape index (κ1) is 13.5. The summed E-state index contributed by atoms with van der Waals surface area (Å²) in [6.07, 6.45) is 2.32. The number of amides is 1. The number of thiophene rings is 1. The average molecular weight is 275 g/mol. The van der Waals surface area contributed by atoms with Gasteiger partial charge in [0.25, 0.3) is 0 Å². The molecule has 2 N–H and O–H groups in total. The zero-order chi connectivity index (χ0) is 13.8. The van der Waals surface area contributed by atoms with Gasteiger partial charge in [-0.15, -0.1) is 11.3 Å². The van der Waals surface area contributed by atoms with Crippen molar-refractivity contribution in [3.05, 3.63) is 45.4 Å². The lowest BCUT2D eigenvalue weighted by atomic mass is 10.1. The van der Waals surface area contributed by atoms with E-state index in [1.54, 1.807) is 11.3 Å². The summed E-state index contributed by atoms with van der Waals surface area (Å²) < 4.78 is 0. The van der Waals surface area contributed by atoms with E-state index in [-0.39, 0.29) is 5.91 Å². The molecule has 0 saturated carbocycles. The van der Waals surface area contributed by atoms with Crippen LogP contribution in [0.15, 0.2) is 28.8 Å². The molecule has 2 aromatic heterocycles. The van der Waals surface area contributed by atoms with E-state index in [4.69, 9.17) is 0 Å². The number of rotatable bonds is 4. The number of aryl methyl sites for hydroxylation is 2. The quantitative estimate of drug-likeness (QED) is 0.654. The van der Waals surface area contributed by atoms with Crippen molar-refractivity contribution >= 4 is 23.0 Å². The van der Waals surface area contributed by atoms with Crippen LogP contribution in [0.1, 0.15) is 28.6 Å². The molecule has 0 aliphatic carbocycles. The number of carbonyl (C=O) groups is 1. The highest BCUT2D eigenvalue weighted by atomic mass is 32.1. The van der Waals surface area contributed by atoms with Crippen LogP contribution in [0.4, 0.5) is 0 Å². The number of nitrogens with zero attached hydrogens (tertiary/aromatic N) is 1. The highest BCUT2D eigenvalue weighted by molar-refractivity contribution is 7.10. The fraction of sp³-hybridized carbons (Fsp3) is 0.286. The largest absolute Gasteiger partial charge is 0.364 e. The van der Waals surface area contributed by atoms with E-state index in [1.165, 1.54) is 0 Å². The molecule has 1 amide bonds. The van der Waals surface area contributed by atoms with Crippen molar-refractivity contribution in [2.45, 2.75) is 27.2 Å². The Morgan fingerprint density at radius 3 is 2.84 bits per heavy atom. The van der Waals surface area contributed by atoms with Gasteiger partial charge in [0.05, 0.1) is 12.1 Å². The molecule has 2 aromatic rings. The molecule has 0 saturated heterocycles. The normalized spacial score (nSPS) is 11.6. The summed E-state index contributed by atoms with van der Waals surface area (Å²) in [5.41, 5.74) is 6.68. The second kappa shape index (κ2) is 5.84. The third-order valence-electron chi connectivity index (χ3n) is 2.90. The Balaban J connectivity index is 2.00. The lowest BCUT2D eigenvalue weighted by Gasteiger charge is -2.03. The van der Waals surface area contributed by atoms with Crippen molar-refractivity contribution in [2.24, 2.45) is 5.10 Å². The number of H-pyrrole nitrogens is 1. The maximum absolute atomic E-state index is 11.7. The van der Waals surface area contributed by atoms with Gasteiger partial charge in [0, 0.05) is 22.3 Å². The maximum atomic E-state index is 11.7. The predicted octanol–water partition coefficient (Wildman–Crippen LogP) is 2.78. The van der Waals surface area contributed by atoms with Crippen molar-refractivity contribution in [3.63, 3.8) is 0 Å². The van der Waals surface area contributed by atoms with E-state index >= 15 is 0 Å². The number of aromatic nitrogens is 1. The van der Waals surface area contributed by atoms with Gasteiger partial charge in [0.15, 0.2) is 0 Å². The van der Waals surface area contributed by atoms with Crippen molar-refractivity contribution in [1.29, 1.82) is 0 Å². The first-order chi connectivity index (χ1) is 9.08. The van der Waals surface area contributed by atoms with E-state index in [1.807, 2.05) is 44.5 Å². The van der Waals surface area contributed by atoms with Gasteiger partial charge in [-0.1, -0.05) is 6.07 Å². The summed E-state index contributed by atoms with van der Waals surface area (Å²) in [6, 6.07) is 3.88. The molecule has 100 valence electrons. The summed E-state index contributed by atoms with van der Waals surface area (Å²) in [6.45, 7) is 5.91. The van der Waals surface area contributed by atoms with Gasteiger partial charge in [-0.25, -0.2) is 5.43 Å². The molecule has 0 aliphatic heterocycles. The number of nitrogens with one attached hydrogen (secondary N) is 2. The van der Waals surface area contributed by atoms with Gasteiger partial charge in [-0.2, -0.15) is 5.10 Å². The summed E-state index contributed by atoms with van der Waals surface area (Å²) in [4.78, 5) is 15.9. The second-order valence-electron chi connectivity index (χ2n) is 4.46. The third kappa shape index (κ3) is 3.32. The van der Waals surface area contributed by atoms with Gasteiger partial charge in [0.2, 0.25) is 5.91 Å². The molecule has 0 aliphatic rings. The van der Waals surface area contributed by atoms with Crippen LogP contribution in [-0.4, -0.2) is 16.6 Å². The third-order valence-corrected chi connectivity index (χ3v) is 3.78. The van der Waals surface area contributed by atoms with E-state index in [0.29, 0.717) is 6.42 Å². The van der Waals surface area contributed by atoms with Crippen LogP contribution < -0.4 is 5.43 Å². The first-order valence-corrected chi connectivity index (χ1v) is 6.96. The van der Waals surface area contributed by atoms with E-state index in [0.717, 1.165) is 27.4 Å². The van der Waals surface area contributed by atoms with Gasteiger partial charge >= 0.3 is 0 Å². The van der Waals surface area contributed by atoms with Crippen LogP contribution in [-0.2, 0) is 11.2 Å². The minimum absolute atomic E-state index is 0.0901. The minimum Gasteiger partial charge on any atom is -0.364 e. The van der Waals surface area contributed by atoms with Crippen molar-refractivity contribution in [1.82, 2.24) is 10.4 Å². The zero-order valence-corrected chi connectivity index (χ0v) is 12.1. The molecule has 0 aromatic carbocycles. The summed E-state index contributed by atoms with van der Waals surface area (Å²) >= 11 is 1.57. The Hall–Kier alpha value is -1.88. The first-order valence-electron chi connectivity index (χ1n) is 6.08. The Bertz CT molecular complexity index is 577. The highest BCUT2D eigenvalue weighted by Crippen LogP contribution is 2.13. The minimum atomic E-state index is -0.0901. The fourth-order valence-electron chi connectivity index (χ4n) is 2.03. The number of carbonyl (C=O) groups excluding carboxylic acids is 1. The van der Waals surface area contributed by atoms with Crippen molar-refractivity contribution < 1.29 is 4.79 Å². The molecule has 2 heterocycles. The molecule has 0 atom stereocenters. The van der Waals surface area contributed by atoms with Gasteiger partial charge in [-0.3, -0.25) is 4.79 Å². The Morgan fingerprint density at radius 2 is 2.26 bits per heavy atom. The Morgan fingerprint density at radius 1 is 1.47 bits per heavy atom. The van der Waals surface area contributed by atoms with E-state index in [2.05, 4.69) is 15.5 Å². The SMILES string of the molecule is C/C(=N\NC(=O)Cc1cccs1)c1c(C)c[nH]c1C. The topological polar surface area (TPSA) is 57.2 Å². The van der Waals surface area contributed by atoms with Crippen LogP contribution in [0.5, 0.6) is 0 Å².